The first-order valence-electron chi connectivity index (χ1n) is 6.88. The highest BCUT2D eigenvalue weighted by molar-refractivity contribution is 5.82. The van der Waals surface area contributed by atoms with Crippen LogP contribution in [0, 0.1) is 26.1 Å². The van der Waals surface area contributed by atoms with Crippen molar-refractivity contribution < 1.29 is 14.6 Å². The minimum absolute atomic E-state index is 0.0220. The Morgan fingerprint density at radius 3 is 2.52 bits per heavy atom. The predicted octanol–water partition coefficient (Wildman–Crippen LogP) is 2.71. The summed E-state index contributed by atoms with van der Waals surface area (Å²) in [6, 6.07) is 5.99. The van der Waals surface area contributed by atoms with Crippen LogP contribution < -0.4 is 0 Å². The zero-order valence-corrected chi connectivity index (χ0v) is 11.4. The van der Waals surface area contributed by atoms with Crippen LogP contribution in [0.3, 0.4) is 0 Å². The van der Waals surface area contributed by atoms with Crippen LogP contribution in [0.5, 0.6) is 0 Å². The van der Waals surface area contributed by atoms with E-state index in [9.17, 15) is 25.0 Å². The summed E-state index contributed by atoms with van der Waals surface area (Å²) < 4.78 is 0. The number of benzene rings is 1. The van der Waals surface area contributed by atoms with Crippen LogP contribution in [0.2, 0.25) is 0 Å². The lowest BCUT2D eigenvalue weighted by Gasteiger charge is -2.26. The summed E-state index contributed by atoms with van der Waals surface area (Å²) in [5.74, 6) is -1.24. The van der Waals surface area contributed by atoms with E-state index in [0.717, 1.165) is 12.8 Å². The van der Waals surface area contributed by atoms with Crippen molar-refractivity contribution in [1.29, 1.82) is 0 Å². The number of nitro groups is 2. The van der Waals surface area contributed by atoms with Crippen molar-refractivity contribution in [2.24, 2.45) is 5.92 Å². The number of para-hydroxylation sites is 1. The van der Waals surface area contributed by atoms with Gasteiger partial charge >= 0.3 is 0 Å². The molecule has 1 aromatic carbocycles. The first-order valence-corrected chi connectivity index (χ1v) is 6.88. The third-order valence-electron chi connectivity index (χ3n) is 3.97. The zero-order valence-electron chi connectivity index (χ0n) is 11.4. The molecule has 0 aliphatic heterocycles. The number of rotatable bonds is 5. The maximum Gasteiger partial charge on any atom is 0.273 e. The maximum atomic E-state index is 12.1. The fraction of sp³-hybridized carbons (Fsp3) is 0.500. The zero-order chi connectivity index (χ0) is 15.4. The molecule has 7 nitrogen and oxygen atoms in total. The minimum atomic E-state index is -0.727. The monoisotopic (exact) mass is 292 g/mol. The fourth-order valence-corrected chi connectivity index (χ4v) is 3.01. The van der Waals surface area contributed by atoms with Crippen LogP contribution in [0.1, 0.15) is 37.2 Å². The Kier molecular flexibility index (Phi) is 4.62. The number of carbonyl (C=O) groups is 1. The smallest absolute Gasteiger partial charge is 0.273 e. The Balaban J connectivity index is 2.42. The third-order valence-corrected chi connectivity index (χ3v) is 3.97. The number of ketones is 1. The standard InChI is InChI=1S/C14H16N2O5/c17-14-8-4-2-6-11(14)12(9-15(18)19)10-5-1-3-7-13(10)16(20)21/h1,3,5,7,11-12H,2,4,6,8-9H2/t11?,12-/m0/s1. The topological polar surface area (TPSA) is 103 Å². The lowest BCUT2D eigenvalue weighted by molar-refractivity contribution is -0.485. The largest absolute Gasteiger partial charge is 0.299 e. The summed E-state index contributed by atoms with van der Waals surface area (Å²) in [7, 11) is 0. The van der Waals surface area contributed by atoms with Crippen LogP contribution in [-0.2, 0) is 4.79 Å². The quantitative estimate of drug-likeness (QED) is 0.613. The van der Waals surface area contributed by atoms with E-state index in [0.29, 0.717) is 18.4 Å². The Morgan fingerprint density at radius 1 is 1.19 bits per heavy atom. The molecule has 1 unspecified atom stereocenters. The summed E-state index contributed by atoms with van der Waals surface area (Å²) in [4.78, 5) is 33.1. The SMILES string of the molecule is O=C1CCCCC1[C@@H](C[N+](=O)[O-])c1ccccc1[N+](=O)[O-]. The highest BCUT2D eigenvalue weighted by atomic mass is 16.6. The highest BCUT2D eigenvalue weighted by Gasteiger charge is 2.37. The van der Waals surface area contributed by atoms with Crippen LogP contribution in [0.25, 0.3) is 0 Å². The van der Waals surface area contributed by atoms with E-state index in [1.54, 1.807) is 6.07 Å². The molecule has 1 aromatic rings. The molecule has 0 bridgehead atoms. The molecule has 2 rings (SSSR count). The number of nitrogens with zero attached hydrogens (tertiary/aromatic N) is 2. The molecule has 1 fully saturated rings. The second-order valence-electron chi connectivity index (χ2n) is 5.26. The van der Waals surface area contributed by atoms with Crippen molar-refractivity contribution in [1.82, 2.24) is 0 Å². The molecule has 112 valence electrons. The summed E-state index contributed by atoms with van der Waals surface area (Å²) >= 11 is 0. The molecule has 1 aliphatic carbocycles. The second-order valence-corrected chi connectivity index (χ2v) is 5.26. The Labute approximate surface area is 121 Å². The van der Waals surface area contributed by atoms with Gasteiger partial charge in [-0.3, -0.25) is 25.0 Å². The van der Waals surface area contributed by atoms with E-state index < -0.39 is 28.2 Å². The Bertz CT molecular complexity index is 572. The molecule has 1 saturated carbocycles. The Morgan fingerprint density at radius 2 is 1.90 bits per heavy atom. The molecular weight excluding hydrogens is 276 g/mol. The van der Waals surface area contributed by atoms with Crippen molar-refractivity contribution in [3.8, 4) is 0 Å². The van der Waals surface area contributed by atoms with E-state index in [1.807, 2.05) is 0 Å². The number of Topliss-reactive ketones (excluding diaryl/α,β-unsaturated/α-hetero) is 1. The molecule has 0 aromatic heterocycles. The van der Waals surface area contributed by atoms with E-state index in [2.05, 4.69) is 0 Å². The van der Waals surface area contributed by atoms with Gasteiger partial charge in [0.25, 0.3) is 5.69 Å². The third kappa shape index (κ3) is 3.42. The molecular formula is C14H16N2O5. The second kappa shape index (κ2) is 6.43. The van der Waals surface area contributed by atoms with Gasteiger partial charge < -0.3 is 0 Å². The Hall–Kier alpha value is -2.31. The lowest BCUT2D eigenvalue weighted by Crippen LogP contribution is -2.30. The molecule has 2 atom stereocenters. The molecule has 0 spiro atoms. The van der Waals surface area contributed by atoms with Crippen molar-refractivity contribution in [2.45, 2.75) is 31.6 Å². The number of nitro benzene ring substituents is 1. The van der Waals surface area contributed by atoms with Crippen LogP contribution >= 0.6 is 0 Å². The number of carbonyl (C=O) groups excluding carboxylic acids is 1. The average Bonchev–Trinajstić information content (AvgIpc) is 2.45. The molecule has 21 heavy (non-hydrogen) atoms. The fourth-order valence-electron chi connectivity index (χ4n) is 3.01. The first kappa shape index (κ1) is 15.1. The van der Waals surface area contributed by atoms with Crippen molar-refractivity contribution in [3.63, 3.8) is 0 Å². The van der Waals surface area contributed by atoms with Gasteiger partial charge in [-0.2, -0.15) is 0 Å². The molecule has 0 amide bonds. The normalized spacial score (nSPS) is 20.0. The van der Waals surface area contributed by atoms with Crippen molar-refractivity contribution in [3.05, 3.63) is 50.1 Å². The molecule has 1 aliphatic rings. The molecule has 0 radical (unpaired) electrons. The van der Waals surface area contributed by atoms with Gasteiger partial charge in [-0.1, -0.05) is 24.6 Å². The predicted molar refractivity (Wildman–Crippen MR) is 74.7 cm³/mol. The van der Waals surface area contributed by atoms with Gasteiger partial charge in [0.15, 0.2) is 0 Å². The van der Waals surface area contributed by atoms with Gasteiger partial charge in [0.2, 0.25) is 6.54 Å². The van der Waals surface area contributed by atoms with Crippen LogP contribution in [0.4, 0.5) is 5.69 Å². The maximum absolute atomic E-state index is 12.1. The van der Waals surface area contributed by atoms with Crippen LogP contribution in [-0.4, -0.2) is 22.2 Å². The van der Waals surface area contributed by atoms with Gasteiger partial charge in [-0.15, -0.1) is 0 Å². The van der Waals surface area contributed by atoms with Gasteiger partial charge in [0.1, 0.15) is 5.78 Å². The molecule has 0 heterocycles. The van der Waals surface area contributed by atoms with E-state index in [-0.39, 0.29) is 11.5 Å². The van der Waals surface area contributed by atoms with E-state index in [4.69, 9.17) is 0 Å². The molecule has 0 N–H and O–H groups in total. The van der Waals surface area contributed by atoms with Crippen molar-refractivity contribution >= 4 is 11.5 Å². The van der Waals surface area contributed by atoms with Crippen LogP contribution in [0.15, 0.2) is 24.3 Å². The summed E-state index contributed by atoms with van der Waals surface area (Å²) in [6.07, 6.45) is 2.57. The van der Waals surface area contributed by atoms with Gasteiger partial charge in [-0.05, 0) is 12.8 Å². The van der Waals surface area contributed by atoms with Gasteiger partial charge in [-0.25, -0.2) is 0 Å². The first-order chi connectivity index (χ1) is 10.0. The van der Waals surface area contributed by atoms with Gasteiger partial charge in [0.05, 0.1) is 10.8 Å². The summed E-state index contributed by atoms with van der Waals surface area (Å²) in [5, 5.41) is 22.1. The minimum Gasteiger partial charge on any atom is -0.299 e. The van der Waals surface area contributed by atoms with Gasteiger partial charge in [0, 0.05) is 28.9 Å². The van der Waals surface area contributed by atoms with Crippen molar-refractivity contribution in [2.75, 3.05) is 6.54 Å². The molecule has 7 heteroatoms. The lowest BCUT2D eigenvalue weighted by atomic mass is 9.75. The summed E-state index contributed by atoms with van der Waals surface area (Å²) in [6.45, 7) is -0.457. The molecule has 0 saturated heterocycles. The number of hydrogen-bond acceptors (Lipinski definition) is 5. The summed E-state index contributed by atoms with van der Waals surface area (Å²) in [5.41, 5.74) is 0.141. The van der Waals surface area contributed by atoms with E-state index in [1.165, 1.54) is 18.2 Å². The highest BCUT2D eigenvalue weighted by Crippen LogP contribution is 2.37. The average molecular weight is 292 g/mol. The van der Waals surface area contributed by atoms with E-state index >= 15 is 0 Å². The number of hydrogen-bond donors (Lipinski definition) is 0.